The van der Waals surface area contributed by atoms with Crippen molar-refractivity contribution in [1.82, 2.24) is 0 Å². The highest BCUT2D eigenvalue weighted by atomic mass is 32.2. The lowest BCUT2D eigenvalue weighted by Crippen LogP contribution is -1.96. The number of carbonyl (C=O) groups is 1. The second kappa shape index (κ2) is 6.80. The van der Waals surface area contributed by atoms with Gasteiger partial charge in [-0.2, -0.15) is 24.4 Å². The fourth-order valence-electron chi connectivity index (χ4n) is 0.581. The van der Waals surface area contributed by atoms with E-state index in [-0.39, 0.29) is 11.0 Å². The molecule has 0 rings (SSSR count). The van der Waals surface area contributed by atoms with Gasteiger partial charge in [0, 0.05) is 5.25 Å². The Bertz CT molecular complexity index is 143. The van der Waals surface area contributed by atoms with Gasteiger partial charge in [0.2, 0.25) is 0 Å². The third-order valence-electron chi connectivity index (χ3n) is 1.17. The molecule has 1 atom stereocenters. The van der Waals surface area contributed by atoms with Crippen molar-refractivity contribution in [2.75, 3.05) is 12.0 Å². The fraction of sp³-hybridized carbons (Fsp3) is 0.625. The van der Waals surface area contributed by atoms with E-state index in [1.54, 1.807) is 24.8 Å². The third kappa shape index (κ3) is 8.01. The topological polar surface area (TPSA) is 17.1 Å². The largest absolute Gasteiger partial charge is 0.295 e. The van der Waals surface area contributed by atoms with Crippen molar-refractivity contribution in [3.05, 3.63) is 12.2 Å². The zero-order valence-corrected chi connectivity index (χ0v) is 8.62. The summed E-state index contributed by atoms with van der Waals surface area (Å²) in [6.07, 6.45) is 6.52. The maximum Gasteiger partial charge on any atom is 0.152 e. The molecule has 0 amide bonds. The number of thioether (sulfide) groups is 1. The molecule has 0 aromatic rings. The minimum atomic E-state index is 0.0909. The number of thiol groups is 1. The molecule has 0 aromatic carbocycles. The van der Waals surface area contributed by atoms with Gasteiger partial charge in [0.25, 0.3) is 0 Å². The molecule has 0 aliphatic carbocycles. The van der Waals surface area contributed by atoms with Gasteiger partial charge in [0.15, 0.2) is 5.78 Å². The van der Waals surface area contributed by atoms with Crippen molar-refractivity contribution < 1.29 is 4.79 Å². The molecule has 1 unspecified atom stereocenters. The van der Waals surface area contributed by atoms with Crippen molar-refractivity contribution in [3.63, 3.8) is 0 Å². The zero-order valence-electron chi connectivity index (χ0n) is 6.91. The Hall–Kier alpha value is 0.110. The van der Waals surface area contributed by atoms with Crippen LogP contribution in [0.3, 0.4) is 0 Å². The van der Waals surface area contributed by atoms with Crippen molar-refractivity contribution >= 4 is 30.2 Å². The molecule has 3 heteroatoms. The van der Waals surface area contributed by atoms with Crippen LogP contribution in [0.2, 0.25) is 0 Å². The number of hydrogen-bond donors (Lipinski definition) is 1. The van der Waals surface area contributed by atoms with Crippen LogP contribution in [0.4, 0.5) is 0 Å². The molecular weight excluding hydrogens is 176 g/mol. The van der Waals surface area contributed by atoms with E-state index in [1.165, 1.54) is 0 Å². The average Bonchev–Trinajstić information content (AvgIpc) is 1.97. The van der Waals surface area contributed by atoms with Gasteiger partial charge in [-0.3, -0.25) is 4.79 Å². The maximum atomic E-state index is 10.5. The molecule has 0 heterocycles. The Morgan fingerprint density at radius 3 is 2.82 bits per heavy atom. The SMILES string of the molecule is CSCCC(S)/C=C/C(C)=O. The average molecular weight is 190 g/mol. The highest BCUT2D eigenvalue weighted by Gasteiger charge is 1.96. The minimum Gasteiger partial charge on any atom is -0.295 e. The molecule has 0 aliphatic rings. The third-order valence-corrected chi connectivity index (χ3v) is 2.25. The lowest BCUT2D eigenvalue weighted by Gasteiger charge is -2.01. The Labute approximate surface area is 78.0 Å². The predicted octanol–water partition coefficient (Wildman–Crippen LogP) is 2.18. The van der Waals surface area contributed by atoms with Crippen LogP contribution in [0, 0.1) is 0 Å². The maximum absolute atomic E-state index is 10.5. The van der Waals surface area contributed by atoms with Crippen LogP contribution in [-0.2, 0) is 4.79 Å². The van der Waals surface area contributed by atoms with Gasteiger partial charge < -0.3 is 0 Å². The van der Waals surface area contributed by atoms with Crippen molar-refractivity contribution in [3.8, 4) is 0 Å². The van der Waals surface area contributed by atoms with E-state index in [2.05, 4.69) is 18.9 Å². The van der Waals surface area contributed by atoms with Crippen LogP contribution >= 0.6 is 24.4 Å². The van der Waals surface area contributed by atoms with Gasteiger partial charge in [-0.25, -0.2) is 0 Å². The minimum absolute atomic E-state index is 0.0909. The lowest BCUT2D eigenvalue weighted by molar-refractivity contribution is -0.112. The van der Waals surface area contributed by atoms with Gasteiger partial charge in [-0.1, -0.05) is 6.08 Å². The molecule has 0 aliphatic heterocycles. The summed E-state index contributed by atoms with van der Waals surface area (Å²) in [7, 11) is 0. The van der Waals surface area contributed by atoms with Gasteiger partial charge >= 0.3 is 0 Å². The van der Waals surface area contributed by atoms with Gasteiger partial charge in [0.05, 0.1) is 0 Å². The summed E-state index contributed by atoms with van der Waals surface area (Å²) in [4.78, 5) is 10.5. The summed E-state index contributed by atoms with van der Waals surface area (Å²) in [6.45, 7) is 1.55. The van der Waals surface area contributed by atoms with Crippen LogP contribution in [-0.4, -0.2) is 23.0 Å². The number of hydrogen-bond acceptors (Lipinski definition) is 3. The van der Waals surface area contributed by atoms with Crippen LogP contribution < -0.4 is 0 Å². The predicted molar refractivity (Wildman–Crippen MR) is 55.6 cm³/mol. The zero-order chi connectivity index (χ0) is 8.69. The quantitative estimate of drug-likeness (QED) is 0.529. The van der Waals surface area contributed by atoms with Crippen molar-refractivity contribution in [2.45, 2.75) is 18.6 Å². The van der Waals surface area contributed by atoms with Crippen LogP contribution in [0.5, 0.6) is 0 Å². The highest BCUT2D eigenvalue weighted by Crippen LogP contribution is 2.07. The summed E-state index contributed by atoms with van der Waals surface area (Å²) in [5.41, 5.74) is 0. The van der Waals surface area contributed by atoms with E-state index in [4.69, 9.17) is 0 Å². The lowest BCUT2D eigenvalue weighted by atomic mass is 10.3. The van der Waals surface area contributed by atoms with E-state index in [9.17, 15) is 4.79 Å². The first-order chi connectivity index (χ1) is 5.16. The molecule has 0 saturated carbocycles. The first-order valence-electron chi connectivity index (χ1n) is 3.52. The molecule has 0 bridgehead atoms. The second-order valence-corrected chi connectivity index (χ2v) is 3.97. The van der Waals surface area contributed by atoms with Crippen molar-refractivity contribution in [2.24, 2.45) is 0 Å². The van der Waals surface area contributed by atoms with E-state index in [1.807, 2.05) is 6.08 Å². The smallest absolute Gasteiger partial charge is 0.152 e. The standard InChI is InChI=1S/C8H14OS2/c1-7(9)3-4-8(10)5-6-11-2/h3-4,8,10H,5-6H2,1-2H3/b4-3+. The molecule has 11 heavy (non-hydrogen) atoms. The van der Waals surface area contributed by atoms with E-state index < -0.39 is 0 Å². The van der Waals surface area contributed by atoms with Crippen LogP contribution in [0.1, 0.15) is 13.3 Å². The first kappa shape index (κ1) is 11.1. The second-order valence-electron chi connectivity index (χ2n) is 2.32. The normalized spacial score (nSPS) is 13.7. The number of allylic oxidation sites excluding steroid dienone is 1. The summed E-state index contributed by atoms with van der Waals surface area (Å²) in [5, 5.41) is 0.228. The Kier molecular flexibility index (Phi) is 6.87. The number of rotatable bonds is 5. The summed E-state index contributed by atoms with van der Waals surface area (Å²) in [5.74, 6) is 1.18. The molecule has 0 fully saturated rings. The Morgan fingerprint density at radius 1 is 1.73 bits per heavy atom. The molecule has 1 nitrogen and oxygen atoms in total. The van der Waals surface area contributed by atoms with Gasteiger partial charge in [-0.15, -0.1) is 0 Å². The molecule has 64 valence electrons. The molecule has 0 spiro atoms. The molecule has 0 radical (unpaired) electrons. The van der Waals surface area contributed by atoms with Gasteiger partial charge in [-0.05, 0) is 31.4 Å². The summed E-state index contributed by atoms with van der Waals surface area (Å²) < 4.78 is 0. The number of carbonyl (C=O) groups excluding carboxylic acids is 1. The fourth-order valence-corrected chi connectivity index (χ4v) is 1.46. The Morgan fingerprint density at radius 2 is 2.36 bits per heavy atom. The number of ketones is 1. The first-order valence-corrected chi connectivity index (χ1v) is 5.43. The van der Waals surface area contributed by atoms with Crippen LogP contribution in [0.25, 0.3) is 0 Å². The monoisotopic (exact) mass is 190 g/mol. The highest BCUT2D eigenvalue weighted by molar-refractivity contribution is 7.98. The summed E-state index contributed by atoms with van der Waals surface area (Å²) >= 11 is 6.08. The van der Waals surface area contributed by atoms with Crippen LogP contribution in [0.15, 0.2) is 12.2 Å². The van der Waals surface area contributed by atoms with Crippen molar-refractivity contribution in [1.29, 1.82) is 0 Å². The molecule has 0 N–H and O–H groups in total. The van der Waals surface area contributed by atoms with Gasteiger partial charge in [0.1, 0.15) is 0 Å². The van der Waals surface area contributed by atoms with E-state index in [0.717, 1.165) is 12.2 Å². The van der Waals surface area contributed by atoms with E-state index >= 15 is 0 Å². The molecular formula is C8H14OS2. The molecule has 0 saturated heterocycles. The summed E-state index contributed by atoms with van der Waals surface area (Å²) in [6, 6.07) is 0. The Balaban J connectivity index is 3.50. The van der Waals surface area contributed by atoms with E-state index in [0.29, 0.717) is 0 Å². The molecule has 0 aromatic heterocycles.